The van der Waals surface area contributed by atoms with Crippen molar-refractivity contribution in [2.45, 2.75) is 30.7 Å². The van der Waals surface area contributed by atoms with Gasteiger partial charge in [-0.25, -0.2) is 8.42 Å². The average Bonchev–Trinajstić information content (AvgIpc) is 3.30. The fourth-order valence-corrected chi connectivity index (χ4v) is 5.30. The molecule has 3 aromatic carbocycles. The van der Waals surface area contributed by atoms with Crippen LogP contribution in [0.1, 0.15) is 40.4 Å². The third kappa shape index (κ3) is 4.48. The third-order valence-electron chi connectivity index (χ3n) is 5.70. The number of anilines is 1. The number of nitrogens with zero attached hydrogens (tertiary/aromatic N) is 1. The Morgan fingerprint density at radius 3 is 2.44 bits per heavy atom. The zero-order valence-electron chi connectivity index (χ0n) is 18.1. The van der Waals surface area contributed by atoms with E-state index in [0.717, 1.165) is 24.0 Å². The van der Waals surface area contributed by atoms with Gasteiger partial charge in [0.05, 0.1) is 13.2 Å². The molecule has 1 saturated heterocycles. The molecule has 1 aliphatic rings. The Morgan fingerprint density at radius 2 is 1.75 bits per heavy atom. The molecular weight excluding hydrogens is 424 g/mol. The van der Waals surface area contributed by atoms with E-state index in [-0.39, 0.29) is 22.6 Å². The SMILES string of the molecule is COc1ccc(C(=O)N2CCCC2c2ccccc2)cc1S(=O)(=O)Nc1ccc(C)cc1. The highest BCUT2D eigenvalue weighted by atomic mass is 32.2. The highest BCUT2D eigenvalue weighted by Crippen LogP contribution is 2.34. The molecule has 1 unspecified atom stereocenters. The first-order chi connectivity index (χ1) is 15.4. The molecule has 0 radical (unpaired) electrons. The van der Waals surface area contributed by atoms with Crippen LogP contribution in [-0.2, 0) is 10.0 Å². The van der Waals surface area contributed by atoms with Gasteiger partial charge in [-0.15, -0.1) is 0 Å². The summed E-state index contributed by atoms with van der Waals surface area (Å²) >= 11 is 0. The van der Waals surface area contributed by atoms with Crippen molar-refractivity contribution in [3.8, 4) is 5.75 Å². The minimum absolute atomic E-state index is 0.0171. The number of aryl methyl sites for hydroxylation is 1. The summed E-state index contributed by atoms with van der Waals surface area (Å²) in [5.41, 5.74) is 2.87. The fraction of sp³-hybridized carbons (Fsp3) is 0.240. The second kappa shape index (κ2) is 9.04. The maximum Gasteiger partial charge on any atom is 0.265 e. The van der Waals surface area contributed by atoms with E-state index in [1.54, 1.807) is 18.2 Å². The first kappa shape index (κ1) is 21.9. The van der Waals surface area contributed by atoms with Crippen molar-refractivity contribution in [1.82, 2.24) is 4.90 Å². The number of carbonyl (C=O) groups excluding carboxylic acids is 1. The molecule has 1 fully saturated rings. The zero-order chi connectivity index (χ0) is 22.7. The first-order valence-corrected chi connectivity index (χ1v) is 12.0. The van der Waals surface area contributed by atoms with Crippen molar-refractivity contribution in [2.75, 3.05) is 18.4 Å². The zero-order valence-corrected chi connectivity index (χ0v) is 18.9. The molecule has 0 aromatic heterocycles. The van der Waals surface area contributed by atoms with Crippen LogP contribution < -0.4 is 9.46 Å². The normalized spacial score (nSPS) is 16.1. The average molecular weight is 451 g/mol. The molecular formula is C25H26N2O4S. The first-order valence-electron chi connectivity index (χ1n) is 10.5. The number of hydrogen-bond donors (Lipinski definition) is 1. The monoisotopic (exact) mass is 450 g/mol. The van der Waals surface area contributed by atoms with Gasteiger partial charge in [0.1, 0.15) is 10.6 Å². The van der Waals surface area contributed by atoms with Crippen molar-refractivity contribution in [3.63, 3.8) is 0 Å². The lowest BCUT2D eigenvalue weighted by Crippen LogP contribution is -2.30. The van der Waals surface area contributed by atoms with Crippen molar-refractivity contribution < 1.29 is 17.9 Å². The Bertz CT molecular complexity index is 1210. The lowest BCUT2D eigenvalue weighted by atomic mass is 10.0. The molecule has 1 heterocycles. The summed E-state index contributed by atoms with van der Waals surface area (Å²) in [6, 6.07) is 21.5. The number of amides is 1. The summed E-state index contributed by atoms with van der Waals surface area (Å²) in [6.45, 7) is 2.56. The second-order valence-corrected chi connectivity index (χ2v) is 9.56. The van der Waals surface area contributed by atoms with Crippen molar-refractivity contribution >= 4 is 21.6 Å². The predicted octanol–water partition coefficient (Wildman–Crippen LogP) is 4.78. The molecule has 4 rings (SSSR count). The molecule has 1 N–H and O–H groups in total. The van der Waals surface area contributed by atoms with Gasteiger partial charge in [0, 0.05) is 17.8 Å². The Labute approximate surface area is 188 Å². The fourth-order valence-electron chi connectivity index (χ4n) is 4.05. The number of hydrogen-bond acceptors (Lipinski definition) is 4. The van der Waals surface area contributed by atoms with Gasteiger partial charge >= 0.3 is 0 Å². The highest BCUT2D eigenvalue weighted by Gasteiger charge is 2.31. The summed E-state index contributed by atoms with van der Waals surface area (Å²) in [7, 11) is -2.55. The Kier molecular flexibility index (Phi) is 6.19. The molecule has 0 spiro atoms. The van der Waals surface area contributed by atoms with Crippen LogP contribution in [0.15, 0.2) is 77.7 Å². The maximum atomic E-state index is 13.4. The standard InChI is InChI=1S/C25H26N2O4S/c1-18-10-13-21(14-11-18)26-32(29,30)24-17-20(12-15-23(24)31-2)25(28)27-16-6-9-22(27)19-7-4-3-5-8-19/h3-5,7-8,10-15,17,22,26H,6,9,16H2,1-2H3. The van der Waals surface area contributed by atoms with E-state index in [0.29, 0.717) is 17.8 Å². The van der Waals surface area contributed by atoms with Gasteiger partial charge in [-0.2, -0.15) is 0 Å². The van der Waals surface area contributed by atoms with Crippen molar-refractivity contribution in [2.24, 2.45) is 0 Å². The molecule has 0 bridgehead atoms. The second-order valence-electron chi connectivity index (χ2n) is 7.90. The summed E-state index contributed by atoms with van der Waals surface area (Å²) in [5, 5.41) is 0. The lowest BCUT2D eigenvalue weighted by molar-refractivity contribution is 0.0735. The molecule has 3 aromatic rings. The van der Waals surface area contributed by atoms with E-state index in [1.807, 2.05) is 54.3 Å². The Hall–Kier alpha value is -3.32. The van der Waals surface area contributed by atoms with E-state index < -0.39 is 10.0 Å². The molecule has 166 valence electrons. The van der Waals surface area contributed by atoms with Gasteiger partial charge < -0.3 is 9.64 Å². The topological polar surface area (TPSA) is 75.7 Å². The van der Waals surface area contributed by atoms with Crippen LogP contribution in [0.3, 0.4) is 0 Å². The van der Waals surface area contributed by atoms with Crippen LogP contribution in [0.25, 0.3) is 0 Å². The van der Waals surface area contributed by atoms with Crippen LogP contribution in [0.2, 0.25) is 0 Å². The van der Waals surface area contributed by atoms with Gasteiger partial charge in [-0.05, 0) is 55.7 Å². The van der Waals surface area contributed by atoms with Crippen molar-refractivity contribution in [3.05, 3.63) is 89.5 Å². The number of likely N-dealkylation sites (tertiary alicyclic amines) is 1. The molecule has 7 heteroatoms. The third-order valence-corrected chi connectivity index (χ3v) is 7.10. The molecule has 1 atom stereocenters. The number of methoxy groups -OCH3 is 1. The molecule has 32 heavy (non-hydrogen) atoms. The van der Waals surface area contributed by atoms with E-state index in [9.17, 15) is 13.2 Å². The number of benzene rings is 3. The van der Waals surface area contributed by atoms with Gasteiger partial charge in [0.15, 0.2) is 0 Å². The summed E-state index contributed by atoms with van der Waals surface area (Å²) in [5.74, 6) is -0.00650. The molecule has 0 saturated carbocycles. The minimum Gasteiger partial charge on any atom is -0.495 e. The summed E-state index contributed by atoms with van der Waals surface area (Å²) in [6.07, 6.45) is 1.79. The maximum absolute atomic E-state index is 13.4. The Balaban J connectivity index is 1.65. The molecule has 0 aliphatic carbocycles. The number of rotatable bonds is 6. The van der Waals surface area contributed by atoms with Crippen LogP contribution in [0, 0.1) is 6.92 Å². The summed E-state index contributed by atoms with van der Waals surface area (Å²) < 4.78 is 34.1. The van der Waals surface area contributed by atoms with Crippen LogP contribution in [0.5, 0.6) is 5.75 Å². The van der Waals surface area contributed by atoms with Gasteiger partial charge in [0.2, 0.25) is 0 Å². The van der Waals surface area contributed by atoms with E-state index in [1.165, 1.54) is 19.2 Å². The minimum atomic E-state index is -3.96. The van der Waals surface area contributed by atoms with E-state index in [2.05, 4.69) is 4.72 Å². The van der Waals surface area contributed by atoms with E-state index in [4.69, 9.17) is 4.74 Å². The molecule has 6 nitrogen and oxygen atoms in total. The lowest BCUT2D eigenvalue weighted by Gasteiger charge is -2.25. The quantitative estimate of drug-likeness (QED) is 0.586. The van der Waals surface area contributed by atoms with E-state index >= 15 is 0 Å². The molecule has 1 aliphatic heterocycles. The Morgan fingerprint density at radius 1 is 1.03 bits per heavy atom. The van der Waals surface area contributed by atoms with Crippen LogP contribution in [-0.4, -0.2) is 32.9 Å². The summed E-state index contributed by atoms with van der Waals surface area (Å²) in [4.78, 5) is 15.1. The predicted molar refractivity (Wildman–Crippen MR) is 124 cm³/mol. The van der Waals surface area contributed by atoms with Gasteiger partial charge in [0.25, 0.3) is 15.9 Å². The number of carbonyl (C=O) groups is 1. The number of nitrogens with one attached hydrogen (secondary N) is 1. The molecule has 1 amide bonds. The van der Waals surface area contributed by atoms with Crippen molar-refractivity contribution in [1.29, 1.82) is 0 Å². The number of ether oxygens (including phenoxy) is 1. The smallest absolute Gasteiger partial charge is 0.265 e. The van der Waals surface area contributed by atoms with Crippen LogP contribution >= 0.6 is 0 Å². The number of sulfonamides is 1. The van der Waals surface area contributed by atoms with Gasteiger partial charge in [-0.1, -0.05) is 48.0 Å². The largest absolute Gasteiger partial charge is 0.495 e. The highest BCUT2D eigenvalue weighted by molar-refractivity contribution is 7.92. The van der Waals surface area contributed by atoms with Crippen LogP contribution in [0.4, 0.5) is 5.69 Å². The van der Waals surface area contributed by atoms with Gasteiger partial charge in [-0.3, -0.25) is 9.52 Å².